The zero-order chi connectivity index (χ0) is 15.2. The predicted octanol–water partition coefficient (Wildman–Crippen LogP) is -11.0. The molecule has 0 saturated heterocycles. The number of rotatable bonds is 3. The molecule has 0 radical (unpaired) electrons. The molecular weight excluding hydrogens is 347 g/mol. The molecule has 0 aromatic heterocycles. The van der Waals surface area contributed by atoms with Gasteiger partial charge in [-0.05, 0) is 12.1 Å². The summed E-state index contributed by atoms with van der Waals surface area (Å²) in [4.78, 5) is -4.48. The third kappa shape index (κ3) is 6.57. The van der Waals surface area contributed by atoms with E-state index in [1.807, 2.05) is 0 Å². The summed E-state index contributed by atoms with van der Waals surface area (Å²) in [6.07, 6.45) is 0. The molecule has 0 heterocycles. The molecule has 0 bridgehead atoms. The largest absolute Gasteiger partial charge is 1.00 e. The van der Waals surface area contributed by atoms with Crippen molar-refractivity contribution in [3.63, 3.8) is 0 Å². The number of hydrogen-bond acceptors (Lipinski definition) is 10. The predicted molar refractivity (Wildman–Crippen MR) is 54.7 cm³/mol. The summed E-state index contributed by atoms with van der Waals surface area (Å²) in [7, 11) is -16.2. The minimum Gasteiger partial charge on any atom is -0.744 e. The first kappa shape index (κ1) is 27.4. The van der Waals surface area contributed by atoms with E-state index in [-0.39, 0.29) is 68.7 Å². The van der Waals surface area contributed by atoms with Crippen LogP contribution >= 0.6 is 0 Å². The summed E-state index contributed by atoms with van der Waals surface area (Å²) in [5, 5.41) is 0. The molecule has 1 rings (SSSR count). The summed E-state index contributed by atoms with van der Waals surface area (Å²) in [5.41, 5.74) is 4.08. The van der Waals surface area contributed by atoms with E-state index in [0.717, 1.165) is 0 Å². The van der Waals surface area contributed by atoms with Crippen LogP contribution in [-0.4, -0.2) is 38.9 Å². The molecule has 0 spiro atoms. The second-order valence-corrected chi connectivity index (χ2v) is 7.24. The summed E-state index contributed by atoms with van der Waals surface area (Å²) < 4.78 is 96.9. The topological polar surface area (TPSA) is 198 Å². The van der Waals surface area contributed by atoms with Crippen molar-refractivity contribution in [2.75, 3.05) is 5.73 Å². The first-order valence-electron chi connectivity index (χ1n) is 4.06. The maximum Gasteiger partial charge on any atom is 1.00 e. The van der Waals surface area contributed by atoms with E-state index in [4.69, 9.17) is 5.73 Å². The Morgan fingerprint density at radius 1 is 0.636 bits per heavy atom. The Hall–Kier alpha value is 0.542. The van der Waals surface area contributed by atoms with E-state index in [9.17, 15) is 38.9 Å². The van der Waals surface area contributed by atoms with Crippen molar-refractivity contribution in [3.8, 4) is 0 Å². The van der Waals surface area contributed by atoms with Crippen molar-refractivity contribution in [1.82, 2.24) is 0 Å². The molecule has 108 valence electrons. The molecule has 0 aliphatic carbocycles. The van der Waals surface area contributed by atoms with E-state index < -0.39 is 50.7 Å². The maximum absolute atomic E-state index is 10.8. The van der Waals surface area contributed by atoms with Crippen LogP contribution in [0.5, 0.6) is 0 Å². The van der Waals surface area contributed by atoms with Crippen LogP contribution in [0.1, 0.15) is 0 Å². The van der Waals surface area contributed by atoms with Crippen LogP contribution in [-0.2, 0) is 30.4 Å². The van der Waals surface area contributed by atoms with E-state index in [0.29, 0.717) is 0 Å². The summed E-state index contributed by atoms with van der Waals surface area (Å²) in [5.74, 6) is 0. The van der Waals surface area contributed by atoms with Crippen LogP contribution in [0.3, 0.4) is 0 Å². The summed E-state index contributed by atoms with van der Waals surface area (Å²) in [6, 6.07) is 0.0860. The molecule has 10 nitrogen and oxygen atoms in total. The fourth-order valence-corrected chi connectivity index (χ4v) is 3.61. The van der Waals surface area contributed by atoms with Crippen LogP contribution in [0.2, 0.25) is 0 Å². The van der Waals surface area contributed by atoms with Crippen molar-refractivity contribution in [3.05, 3.63) is 12.1 Å². The quantitative estimate of drug-likeness (QED) is 0.310. The van der Waals surface area contributed by atoms with Gasteiger partial charge in [0, 0.05) is 0 Å². The van der Waals surface area contributed by atoms with Crippen molar-refractivity contribution in [1.29, 1.82) is 0 Å². The first-order chi connectivity index (χ1) is 8.24. The monoisotopic (exact) mass is 351 g/mol. The minimum atomic E-state index is -5.50. The Morgan fingerprint density at radius 2 is 0.909 bits per heavy atom. The average Bonchev–Trinajstić information content (AvgIpc) is 2.11. The third-order valence-corrected chi connectivity index (χ3v) is 4.66. The van der Waals surface area contributed by atoms with Crippen molar-refractivity contribution in [2.24, 2.45) is 0 Å². The summed E-state index contributed by atoms with van der Waals surface area (Å²) in [6.45, 7) is 0. The molecule has 0 unspecified atom stereocenters. The molecule has 0 atom stereocenters. The Labute approximate surface area is 163 Å². The molecule has 2 N–H and O–H groups in total. The molecule has 0 fully saturated rings. The van der Waals surface area contributed by atoms with Gasteiger partial charge in [-0.25, -0.2) is 25.3 Å². The average molecular weight is 351 g/mol. The molecular formula is C6H4Li3NO9S3. The third-order valence-electron chi connectivity index (χ3n) is 1.88. The Bertz CT molecular complexity index is 847. The normalized spacial score (nSPS) is 11.6. The fourth-order valence-electron chi connectivity index (χ4n) is 1.16. The van der Waals surface area contributed by atoms with E-state index in [1.54, 1.807) is 0 Å². The van der Waals surface area contributed by atoms with Crippen molar-refractivity contribution in [2.45, 2.75) is 14.7 Å². The number of benzene rings is 1. The van der Waals surface area contributed by atoms with E-state index >= 15 is 0 Å². The van der Waals surface area contributed by atoms with E-state index in [1.165, 1.54) is 0 Å². The number of nitrogens with two attached hydrogens (primary N) is 1. The Morgan fingerprint density at radius 3 is 1.18 bits per heavy atom. The standard InChI is InChI=1S/C6H7NO9S3.3Li/c7-3-1-5(18(11,12)13)6(19(14,15)16)2-4(3)17(8,9)10;;;/h1-2H,7H2,(H,8,9,10)(H,11,12,13)(H,14,15,16);;;/q;3*+1/p-3. The molecule has 22 heavy (non-hydrogen) atoms. The van der Waals surface area contributed by atoms with Crippen LogP contribution in [0, 0.1) is 0 Å². The molecule has 0 aliphatic rings. The molecule has 16 heteroatoms. The number of nitrogen functional groups attached to an aromatic ring is 1. The van der Waals surface area contributed by atoms with Crippen LogP contribution in [0.25, 0.3) is 0 Å². The number of anilines is 1. The second-order valence-electron chi connectivity index (χ2n) is 3.20. The van der Waals surface area contributed by atoms with Gasteiger partial charge in [-0.2, -0.15) is 0 Å². The molecule has 0 aliphatic heterocycles. The molecule has 0 saturated carbocycles. The van der Waals surface area contributed by atoms with Crippen molar-refractivity contribution >= 4 is 36.0 Å². The SMILES string of the molecule is Nc1cc(S(=O)(=O)[O-])c(S(=O)(=O)[O-])cc1S(=O)(=O)[O-].[Li+].[Li+].[Li+]. The van der Waals surface area contributed by atoms with Gasteiger partial charge in [0.25, 0.3) is 0 Å². The Kier molecular flexibility index (Phi) is 10.7. The van der Waals surface area contributed by atoms with Crippen LogP contribution in [0.15, 0.2) is 26.8 Å². The smallest absolute Gasteiger partial charge is 0.744 e. The number of hydrogen-bond donors (Lipinski definition) is 1. The van der Waals surface area contributed by atoms with Gasteiger partial charge in [0.1, 0.15) is 30.4 Å². The van der Waals surface area contributed by atoms with Gasteiger partial charge in [-0.15, -0.1) is 0 Å². The van der Waals surface area contributed by atoms with Gasteiger partial charge in [-0.3, -0.25) is 0 Å². The van der Waals surface area contributed by atoms with Gasteiger partial charge in [-0.1, -0.05) is 0 Å². The van der Waals surface area contributed by atoms with Gasteiger partial charge < -0.3 is 19.4 Å². The minimum absolute atomic E-state index is 0. The van der Waals surface area contributed by atoms with Gasteiger partial charge >= 0.3 is 56.6 Å². The zero-order valence-corrected chi connectivity index (χ0v) is 14.1. The maximum atomic E-state index is 10.8. The molecule has 0 amide bonds. The van der Waals surface area contributed by atoms with Crippen LogP contribution in [0.4, 0.5) is 5.69 Å². The zero-order valence-electron chi connectivity index (χ0n) is 11.6. The van der Waals surface area contributed by atoms with Gasteiger partial charge in [0.15, 0.2) is 0 Å². The fraction of sp³-hybridized carbons (Fsp3) is 0. The molecule has 1 aromatic rings. The summed E-state index contributed by atoms with van der Waals surface area (Å²) >= 11 is 0. The van der Waals surface area contributed by atoms with Gasteiger partial charge in [0.2, 0.25) is 0 Å². The van der Waals surface area contributed by atoms with Gasteiger partial charge in [0.05, 0.1) is 20.4 Å². The van der Waals surface area contributed by atoms with E-state index in [2.05, 4.69) is 0 Å². The first-order valence-corrected chi connectivity index (χ1v) is 8.28. The second kappa shape index (κ2) is 8.58. The Balaban J connectivity index is -0.00000120. The molecule has 1 aromatic carbocycles. The van der Waals surface area contributed by atoms with Crippen molar-refractivity contribution < 1.29 is 95.5 Å². The van der Waals surface area contributed by atoms with Crippen LogP contribution < -0.4 is 62.3 Å².